The molecule has 0 aliphatic rings. The van der Waals surface area contributed by atoms with E-state index in [0.29, 0.717) is 5.57 Å². The van der Waals surface area contributed by atoms with E-state index in [1.807, 2.05) is 0 Å². The van der Waals surface area contributed by atoms with E-state index in [-0.39, 0.29) is 5.91 Å². The van der Waals surface area contributed by atoms with Crippen molar-refractivity contribution in [2.24, 2.45) is 0 Å². The second-order valence-corrected chi connectivity index (χ2v) is 3.45. The van der Waals surface area contributed by atoms with Crippen LogP contribution in [-0.4, -0.2) is 25.5 Å². The molecule has 0 aromatic heterocycles. The number of carbonyl (C=O) groups excluding carboxylic acids is 1. The van der Waals surface area contributed by atoms with Crippen LogP contribution in [0.5, 0.6) is 0 Å². The van der Waals surface area contributed by atoms with Crippen LogP contribution in [0.25, 0.3) is 0 Å². The van der Waals surface area contributed by atoms with E-state index in [2.05, 4.69) is 24.1 Å². The summed E-state index contributed by atoms with van der Waals surface area (Å²) >= 11 is 0. The first-order valence-corrected chi connectivity index (χ1v) is 5.33. The largest absolute Gasteiger partial charge is 0.352 e. The highest BCUT2D eigenvalue weighted by molar-refractivity contribution is 5.91. The van der Waals surface area contributed by atoms with Gasteiger partial charge in [-0.25, -0.2) is 0 Å². The number of nitrogens with one attached hydrogen (secondary N) is 2. The average Bonchev–Trinajstić information content (AvgIpc) is 2.16. The highest BCUT2D eigenvalue weighted by atomic mass is 16.1. The molecule has 0 unspecified atom stereocenters. The number of carbonyl (C=O) groups is 1. The van der Waals surface area contributed by atoms with Crippen molar-refractivity contribution in [1.82, 2.24) is 10.6 Å². The number of hydrogen-bond acceptors (Lipinski definition) is 2. The SMILES string of the molecule is C=C(C)C(=O)NCCCCCNCC. The minimum atomic E-state index is -0.0308. The smallest absolute Gasteiger partial charge is 0.246 e. The summed E-state index contributed by atoms with van der Waals surface area (Å²) in [7, 11) is 0. The van der Waals surface area contributed by atoms with Gasteiger partial charge in [-0.2, -0.15) is 0 Å². The van der Waals surface area contributed by atoms with E-state index in [4.69, 9.17) is 0 Å². The lowest BCUT2D eigenvalue weighted by Gasteiger charge is -2.04. The summed E-state index contributed by atoms with van der Waals surface area (Å²) in [6, 6.07) is 0. The first kappa shape index (κ1) is 13.2. The Morgan fingerprint density at radius 3 is 2.43 bits per heavy atom. The Balaban J connectivity index is 3.13. The molecule has 0 saturated carbocycles. The lowest BCUT2D eigenvalue weighted by atomic mass is 10.2. The maximum atomic E-state index is 11.1. The van der Waals surface area contributed by atoms with Crippen molar-refractivity contribution in [3.8, 4) is 0 Å². The lowest BCUT2D eigenvalue weighted by molar-refractivity contribution is -0.117. The van der Waals surface area contributed by atoms with Crippen LogP contribution in [0.4, 0.5) is 0 Å². The van der Waals surface area contributed by atoms with Crippen molar-refractivity contribution >= 4 is 5.91 Å². The summed E-state index contributed by atoms with van der Waals surface area (Å²) in [5, 5.41) is 6.08. The van der Waals surface area contributed by atoms with Gasteiger partial charge in [0.05, 0.1) is 0 Å². The summed E-state index contributed by atoms with van der Waals surface area (Å²) in [5.74, 6) is -0.0308. The average molecular weight is 198 g/mol. The summed E-state index contributed by atoms with van der Waals surface area (Å²) in [6.45, 7) is 10.3. The molecule has 1 amide bonds. The predicted molar refractivity (Wildman–Crippen MR) is 60.2 cm³/mol. The van der Waals surface area contributed by atoms with Crippen LogP contribution in [-0.2, 0) is 4.79 Å². The van der Waals surface area contributed by atoms with Crippen LogP contribution >= 0.6 is 0 Å². The molecule has 82 valence electrons. The Bertz CT molecular complexity index is 178. The van der Waals surface area contributed by atoms with Gasteiger partial charge in [-0.05, 0) is 32.9 Å². The molecule has 0 radical (unpaired) electrons. The molecule has 3 heteroatoms. The van der Waals surface area contributed by atoms with E-state index in [1.165, 1.54) is 6.42 Å². The van der Waals surface area contributed by atoms with E-state index in [1.54, 1.807) is 6.92 Å². The predicted octanol–water partition coefficient (Wildman–Crippen LogP) is 1.46. The quantitative estimate of drug-likeness (QED) is 0.458. The van der Waals surface area contributed by atoms with Gasteiger partial charge in [-0.1, -0.05) is 19.9 Å². The van der Waals surface area contributed by atoms with Gasteiger partial charge in [0.15, 0.2) is 0 Å². The topological polar surface area (TPSA) is 41.1 Å². The van der Waals surface area contributed by atoms with Gasteiger partial charge >= 0.3 is 0 Å². The Hall–Kier alpha value is -0.830. The molecule has 0 heterocycles. The van der Waals surface area contributed by atoms with E-state index in [9.17, 15) is 4.79 Å². The molecule has 0 atom stereocenters. The molecule has 0 rings (SSSR count). The van der Waals surface area contributed by atoms with Crippen LogP contribution in [0.1, 0.15) is 33.1 Å². The normalized spacial score (nSPS) is 9.86. The van der Waals surface area contributed by atoms with Crippen molar-refractivity contribution in [3.05, 3.63) is 12.2 Å². The second-order valence-electron chi connectivity index (χ2n) is 3.45. The Morgan fingerprint density at radius 1 is 1.21 bits per heavy atom. The van der Waals surface area contributed by atoms with Crippen LogP contribution in [0.2, 0.25) is 0 Å². The fraction of sp³-hybridized carbons (Fsp3) is 0.727. The van der Waals surface area contributed by atoms with E-state index in [0.717, 1.165) is 32.5 Å². The molecule has 0 aromatic rings. The lowest BCUT2D eigenvalue weighted by Crippen LogP contribution is -2.24. The molecule has 0 aromatic carbocycles. The van der Waals surface area contributed by atoms with Crippen molar-refractivity contribution in [1.29, 1.82) is 0 Å². The van der Waals surface area contributed by atoms with Crippen molar-refractivity contribution in [3.63, 3.8) is 0 Å². The Morgan fingerprint density at radius 2 is 1.86 bits per heavy atom. The van der Waals surface area contributed by atoms with Crippen molar-refractivity contribution < 1.29 is 4.79 Å². The van der Waals surface area contributed by atoms with Crippen molar-refractivity contribution in [2.45, 2.75) is 33.1 Å². The zero-order valence-corrected chi connectivity index (χ0v) is 9.36. The first-order chi connectivity index (χ1) is 6.68. The zero-order valence-electron chi connectivity index (χ0n) is 9.36. The highest BCUT2D eigenvalue weighted by Crippen LogP contribution is 1.93. The Labute approximate surface area is 87.0 Å². The van der Waals surface area contributed by atoms with Crippen LogP contribution in [0.15, 0.2) is 12.2 Å². The summed E-state index contributed by atoms with van der Waals surface area (Å²) in [4.78, 5) is 11.1. The molecule has 0 bridgehead atoms. The third-order valence-corrected chi connectivity index (χ3v) is 1.95. The van der Waals surface area contributed by atoms with E-state index < -0.39 is 0 Å². The number of hydrogen-bond donors (Lipinski definition) is 2. The minimum absolute atomic E-state index is 0.0308. The zero-order chi connectivity index (χ0) is 10.8. The van der Waals surface area contributed by atoms with Gasteiger partial charge < -0.3 is 10.6 Å². The molecule has 0 fully saturated rings. The molecule has 0 spiro atoms. The standard InChI is InChI=1S/C11H22N2O/c1-4-12-8-6-5-7-9-13-11(14)10(2)3/h12H,2,4-9H2,1,3H3,(H,13,14). The highest BCUT2D eigenvalue weighted by Gasteiger charge is 1.98. The van der Waals surface area contributed by atoms with Gasteiger partial charge in [-0.15, -0.1) is 0 Å². The van der Waals surface area contributed by atoms with Gasteiger partial charge in [0.1, 0.15) is 0 Å². The number of amides is 1. The molecule has 0 aliphatic heterocycles. The number of unbranched alkanes of at least 4 members (excludes halogenated alkanes) is 2. The molecular weight excluding hydrogens is 176 g/mol. The maximum Gasteiger partial charge on any atom is 0.246 e. The molecule has 2 N–H and O–H groups in total. The van der Waals surface area contributed by atoms with Gasteiger partial charge in [0.2, 0.25) is 5.91 Å². The van der Waals surface area contributed by atoms with Crippen LogP contribution in [0.3, 0.4) is 0 Å². The van der Waals surface area contributed by atoms with E-state index >= 15 is 0 Å². The minimum Gasteiger partial charge on any atom is -0.352 e. The summed E-state index contributed by atoms with van der Waals surface area (Å²) in [5.41, 5.74) is 0.581. The first-order valence-electron chi connectivity index (χ1n) is 5.33. The Kier molecular flexibility index (Phi) is 8.24. The molecule has 3 nitrogen and oxygen atoms in total. The third-order valence-electron chi connectivity index (χ3n) is 1.95. The van der Waals surface area contributed by atoms with Gasteiger partial charge in [0, 0.05) is 12.1 Å². The fourth-order valence-electron chi connectivity index (χ4n) is 1.08. The van der Waals surface area contributed by atoms with Gasteiger partial charge in [-0.3, -0.25) is 4.79 Å². The monoisotopic (exact) mass is 198 g/mol. The van der Waals surface area contributed by atoms with Crippen LogP contribution < -0.4 is 10.6 Å². The molecule has 0 saturated heterocycles. The fourth-order valence-corrected chi connectivity index (χ4v) is 1.08. The summed E-state index contributed by atoms with van der Waals surface area (Å²) in [6.07, 6.45) is 3.38. The maximum absolute atomic E-state index is 11.1. The van der Waals surface area contributed by atoms with Crippen molar-refractivity contribution in [2.75, 3.05) is 19.6 Å². The summed E-state index contributed by atoms with van der Waals surface area (Å²) < 4.78 is 0. The van der Waals surface area contributed by atoms with Crippen LogP contribution in [0, 0.1) is 0 Å². The second kappa shape index (κ2) is 8.75. The van der Waals surface area contributed by atoms with Gasteiger partial charge in [0.25, 0.3) is 0 Å². The third kappa shape index (κ3) is 7.80. The molecule has 14 heavy (non-hydrogen) atoms. The molecule has 0 aliphatic carbocycles. The molecular formula is C11H22N2O. The number of rotatable bonds is 8.